The number of anilines is 2. The molecule has 0 atom stereocenters. The predicted molar refractivity (Wildman–Crippen MR) is 111 cm³/mol. The van der Waals surface area contributed by atoms with Crippen LogP contribution < -0.4 is 10.6 Å². The van der Waals surface area contributed by atoms with Gasteiger partial charge in [0.1, 0.15) is 0 Å². The second-order valence-corrected chi connectivity index (χ2v) is 6.71. The fraction of sp³-hybridized carbons (Fsp3) is 0.0476. The number of benzene rings is 2. The minimum absolute atomic E-state index is 0.125. The van der Waals surface area contributed by atoms with E-state index < -0.39 is 0 Å². The van der Waals surface area contributed by atoms with Crippen molar-refractivity contribution < 1.29 is 9.59 Å². The standard InChI is InChI=1S/C21H16N4O2S/c1-14(26)23-18-9-7-17(8-10-18)19-13-28-21(24-19)25-20(27)11-6-15-2-4-16(12-22)5-3-15/h2-11,13H,1H3,(H,23,26)(H,24,25,27)/b11-6+. The normalized spacial score (nSPS) is 10.4. The lowest BCUT2D eigenvalue weighted by Crippen LogP contribution is -2.07. The van der Waals surface area contributed by atoms with Crippen LogP contribution >= 0.6 is 11.3 Å². The van der Waals surface area contributed by atoms with Crippen molar-refractivity contribution in [2.24, 2.45) is 0 Å². The number of aromatic nitrogens is 1. The molecule has 2 N–H and O–H groups in total. The van der Waals surface area contributed by atoms with E-state index in [4.69, 9.17) is 5.26 Å². The van der Waals surface area contributed by atoms with Crippen LogP contribution in [0.25, 0.3) is 17.3 Å². The third-order valence-electron chi connectivity index (χ3n) is 3.70. The van der Waals surface area contributed by atoms with Crippen molar-refractivity contribution in [1.82, 2.24) is 4.98 Å². The van der Waals surface area contributed by atoms with E-state index in [0.717, 1.165) is 16.8 Å². The molecule has 0 saturated carbocycles. The Morgan fingerprint density at radius 3 is 2.43 bits per heavy atom. The van der Waals surface area contributed by atoms with Crippen molar-refractivity contribution in [2.45, 2.75) is 6.92 Å². The van der Waals surface area contributed by atoms with Crippen LogP contribution in [0.2, 0.25) is 0 Å². The topological polar surface area (TPSA) is 94.9 Å². The molecular weight excluding hydrogens is 372 g/mol. The van der Waals surface area contributed by atoms with Gasteiger partial charge in [-0.3, -0.25) is 14.9 Å². The fourth-order valence-electron chi connectivity index (χ4n) is 2.38. The molecule has 6 nitrogen and oxygen atoms in total. The third kappa shape index (κ3) is 5.13. The average molecular weight is 388 g/mol. The highest BCUT2D eigenvalue weighted by molar-refractivity contribution is 7.14. The van der Waals surface area contributed by atoms with Crippen molar-refractivity contribution in [3.05, 3.63) is 71.1 Å². The summed E-state index contributed by atoms with van der Waals surface area (Å²) in [6.07, 6.45) is 3.09. The minimum atomic E-state index is -0.286. The van der Waals surface area contributed by atoms with Crippen LogP contribution in [0.1, 0.15) is 18.1 Å². The van der Waals surface area contributed by atoms with Gasteiger partial charge >= 0.3 is 0 Å². The Morgan fingerprint density at radius 2 is 1.79 bits per heavy atom. The molecule has 0 fully saturated rings. The Balaban J connectivity index is 1.62. The first-order chi connectivity index (χ1) is 13.5. The molecule has 2 aromatic carbocycles. The van der Waals surface area contributed by atoms with Gasteiger partial charge in [-0.25, -0.2) is 4.98 Å². The second kappa shape index (κ2) is 8.75. The summed E-state index contributed by atoms with van der Waals surface area (Å²) in [6, 6.07) is 16.3. The van der Waals surface area contributed by atoms with Crippen molar-refractivity contribution >= 4 is 40.0 Å². The zero-order valence-electron chi connectivity index (χ0n) is 15.0. The summed E-state index contributed by atoms with van der Waals surface area (Å²) in [4.78, 5) is 27.6. The zero-order valence-corrected chi connectivity index (χ0v) is 15.8. The SMILES string of the molecule is CC(=O)Nc1ccc(-c2csc(NC(=O)/C=C/c3ccc(C#N)cc3)n2)cc1. The molecule has 7 heteroatoms. The molecule has 0 bridgehead atoms. The predicted octanol–water partition coefficient (Wildman–Crippen LogP) is 4.29. The number of rotatable bonds is 5. The van der Waals surface area contributed by atoms with Gasteiger partial charge in [-0.15, -0.1) is 11.3 Å². The van der Waals surface area contributed by atoms with Crippen molar-refractivity contribution in [3.8, 4) is 17.3 Å². The van der Waals surface area contributed by atoms with E-state index in [9.17, 15) is 9.59 Å². The summed E-state index contributed by atoms with van der Waals surface area (Å²) in [7, 11) is 0. The molecule has 138 valence electrons. The molecule has 1 aromatic heterocycles. The summed E-state index contributed by atoms with van der Waals surface area (Å²) in [5.74, 6) is -0.410. The number of hydrogen-bond donors (Lipinski definition) is 2. The molecule has 0 saturated heterocycles. The lowest BCUT2D eigenvalue weighted by Gasteiger charge is -2.02. The monoisotopic (exact) mass is 388 g/mol. The summed E-state index contributed by atoms with van der Waals surface area (Å²) in [6.45, 7) is 1.46. The number of hydrogen-bond acceptors (Lipinski definition) is 5. The van der Waals surface area contributed by atoms with Crippen LogP contribution in [0, 0.1) is 11.3 Å². The van der Waals surface area contributed by atoms with Crippen LogP contribution in [0.3, 0.4) is 0 Å². The molecule has 0 spiro atoms. The maximum absolute atomic E-state index is 12.1. The fourth-order valence-corrected chi connectivity index (χ4v) is 3.10. The van der Waals surface area contributed by atoms with E-state index in [1.54, 1.807) is 42.5 Å². The highest BCUT2D eigenvalue weighted by Gasteiger charge is 2.07. The van der Waals surface area contributed by atoms with E-state index in [1.807, 2.05) is 17.5 Å². The summed E-state index contributed by atoms with van der Waals surface area (Å²) < 4.78 is 0. The largest absolute Gasteiger partial charge is 0.326 e. The van der Waals surface area contributed by atoms with Gasteiger partial charge in [-0.2, -0.15) is 5.26 Å². The van der Waals surface area contributed by atoms with Gasteiger partial charge in [0.15, 0.2) is 5.13 Å². The van der Waals surface area contributed by atoms with E-state index in [0.29, 0.717) is 16.4 Å². The number of amides is 2. The van der Waals surface area contributed by atoms with E-state index >= 15 is 0 Å². The first-order valence-corrected chi connectivity index (χ1v) is 9.24. The first-order valence-electron chi connectivity index (χ1n) is 8.36. The number of carbonyl (C=O) groups is 2. The number of nitrogens with zero attached hydrogens (tertiary/aromatic N) is 2. The van der Waals surface area contributed by atoms with Gasteiger partial charge < -0.3 is 5.32 Å². The highest BCUT2D eigenvalue weighted by Crippen LogP contribution is 2.26. The van der Waals surface area contributed by atoms with E-state index in [-0.39, 0.29) is 11.8 Å². The third-order valence-corrected chi connectivity index (χ3v) is 4.46. The van der Waals surface area contributed by atoms with Crippen molar-refractivity contribution in [2.75, 3.05) is 10.6 Å². The van der Waals surface area contributed by atoms with Gasteiger partial charge in [0.25, 0.3) is 0 Å². The molecule has 0 aliphatic rings. The molecule has 1 heterocycles. The van der Waals surface area contributed by atoms with Crippen LogP contribution in [0.15, 0.2) is 60.0 Å². The molecule has 3 aromatic rings. The molecule has 0 aliphatic heterocycles. The Labute approximate surface area is 166 Å². The summed E-state index contributed by atoms with van der Waals surface area (Å²) in [5, 5.41) is 16.6. The van der Waals surface area contributed by atoms with Crippen molar-refractivity contribution in [3.63, 3.8) is 0 Å². The van der Waals surface area contributed by atoms with Crippen LogP contribution in [0.5, 0.6) is 0 Å². The lowest BCUT2D eigenvalue weighted by atomic mass is 10.1. The molecule has 28 heavy (non-hydrogen) atoms. The average Bonchev–Trinajstić information content (AvgIpc) is 3.15. The van der Waals surface area contributed by atoms with Crippen LogP contribution in [-0.2, 0) is 9.59 Å². The Hall–Kier alpha value is -3.76. The molecular formula is C21H16N4O2S. The maximum Gasteiger partial charge on any atom is 0.250 e. The van der Waals surface area contributed by atoms with Gasteiger partial charge in [0, 0.05) is 29.6 Å². The Bertz CT molecular complexity index is 1060. The smallest absolute Gasteiger partial charge is 0.250 e. The van der Waals surface area contributed by atoms with Gasteiger partial charge in [-0.05, 0) is 35.9 Å². The first kappa shape index (κ1) is 19.0. The number of carbonyl (C=O) groups excluding carboxylic acids is 2. The van der Waals surface area contributed by atoms with Crippen LogP contribution in [-0.4, -0.2) is 16.8 Å². The van der Waals surface area contributed by atoms with E-state index in [2.05, 4.69) is 21.7 Å². The van der Waals surface area contributed by atoms with E-state index in [1.165, 1.54) is 24.3 Å². The molecule has 0 unspecified atom stereocenters. The molecule has 0 aliphatic carbocycles. The Morgan fingerprint density at radius 1 is 1.07 bits per heavy atom. The second-order valence-electron chi connectivity index (χ2n) is 5.85. The van der Waals surface area contributed by atoms with Gasteiger partial charge in [-0.1, -0.05) is 24.3 Å². The molecule has 0 radical (unpaired) electrons. The van der Waals surface area contributed by atoms with Gasteiger partial charge in [0.2, 0.25) is 11.8 Å². The quantitative estimate of drug-likeness (QED) is 0.637. The summed E-state index contributed by atoms with van der Waals surface area (Å²) >= 11 is 1.33. The minimum Gasteiger partial charge on any atom is -0.326 e. The lowest BCUT2D eigenvalue weighted by molar-refractivity contribution is -0.114. The highest BCUT2D eigenvalue weighted by atomic mass is 32.1. The van der Waals surface area contributed by atoms with Gasteiger partial charge in [0.05, 0.1) is 17.3 Å². The summed E-state index contributed by atoms with van der Waals surface area (Å²) in [5.41, 5.74) is 3.74. The number of nitrogens with one attached hydrogen (secondary N) is 2. The molecule has 3 rings (SSSR count). The number of thiazole rings is 1. The van der Waals surface area contributed by atoms with Crippen molar-refractivity contribution in [1.29, 1.82) is 5.26 Å². The van der Waals surface area contributed by atoms with Crippen LogP contribution in [0.4, 0.5) is 10.8 Å². The zero-order chi connectivity index (χ0) is 19.9. The maximum atomic E-state index is 12.1. The molecule has 2 amide bonds. The Kier molecular flexibility index (Phi) is 5.94. The number of nitriles is 1.